The molecule has 2 aliphatic carbocycles. The summed E-state index contributed by atoms with van der Waals surface area (Å²) in [4.78, 5) is 15.7. The fourth-order valence-electron chi connectivity index (χ4n) is 6.05. The highest BCUT2D eigenvalue weighted by Crippen LogP contribution is 2.56. The van der Waals surface area contributed by atoms with Crippen molar-refractivity contribution in [1.82, 2.24) is 4.90 Å². The summed E-state index contributed by atoms with van der Waals surface area (Å²) in [6.07, 6.45) is 6.01. The van der Waals surface area contributed by atoms with E-state index in [9.17, 15) is 9.90 Å². The minimum atomic E-state index is 0.0698. The third-order valence-corrected chi connectivity index (χ3v) is 8.18. The Labute approximate surface area is 157 Å². The van der Waals surface area contributed by atoms with Gasteiger partial charge in [0.05, 0.1) is 0 Å². The molecule has 1 aliphatic heterocycles. The first-order valence-electron chi connectivity index (χ1n) is 10.4. The summed E-state index contributed by atoms with van der Waals surface area (Å²) in [7, 11) is 0. The summed E-state index contributed by atoms with van der Waals surface area (Å²) in [5.74, 6) is 0.772. The van der Waals surface area contributed by atoms with Gasteiger partial charge in [-0.3, -0.25) is 4.79 Å². The van der Waals surface area contributed by atoms with Crippen molar-refractivity contribution in [3.05, 3.63) is 35.4 Å². The largest absolute Gasteiger partial charge is 0.396 e. The number of amides is 1. The van der Waals surface area contributed by atoms with Crippen LogP contribution in [-0.4, -0.2) is 35.1 Å². The SMILES string of the molecule is CC1(C)[C@H]2Cc3ccccc3[C@]1(C)CCN2C(=O)C1CCC[C@H](CO)C1. The lowest BCUT2D eigenvalue weighted by Crippen LogP contribution is -2.65. The average molecular weight is 356 g/mol. The van der Waals surface area contributed by atoms with Crippen LogP contribution in [0.25, 0.3) is 0 Å². The summed E-state index contributed by atoms with van der Waals surface area (Å²) in [5, 5.41) is 9.54. The Bertz CT molecular complexity index is 697. The lowest BCUT2D eigenvalue weighted by atomic mass is 9.51. The highest BCUT2D eigenvalue weighted by molar-refractivity contribution is 5.80. The Kier molecular flexibility index (Phi) is 4.42. The van der Waals surface area contributed by atoms with Crippen LogP contribution in [0.5, 0.6) is 0 Å². The Morgan fingerprint density at radius 3 is 2.77 bits per heavy atom. The highest BCUT2D eigenvalue weighted by Gasteiger charge is 2.57. The number of piperidine rings is 1. The number of aliphatic hydroxyl groups excluding tert-OH is 1. The summed E-state index contributed by atoms with van der Waals surface area (Å²) in [6.45, 7) is 8.24. The van der Waals surface area contributed by atoms with Gasteiger partial charge in [-0.1, -0.05) is 51.5 Å². The monoisotopic (exact) mass is 355 g/mol. The van der Waals surface area contributed by atoms with Gasteiger partial charge in [0.15, 0.2) is 0 Å². The molecule has 1 saturated heterocycles. The van der Waals surface area contributed by atoms with E-state index in [4.69, 9.17) is 0 Å². The standard InChI is InChI=1S/C23H33NO2/c1-22(2)20-14-17-8-4-5-10-19(17)23(22,3)11-12-24(20)21(26)18-9-6-7-16(13-18)15-25/h4-5,8,10,16,18,20,25H,6-7,9,11-15H2,1-3H3/t16-,18?,20+,23-/m0/s1. The molecule has 3 nitrogen and oxygen atoms in total. The van der Waals surface area contributed by atoms with E-state index >= 15 is 0 Å². The van der Waals surface area contributed by atoms with Crippen LogP contribution >= 0.6 is 0 Å². The summed E-state index contributed by atoms with van der Waals surface area (Å²) >= 11 is 0. The number of likely N-dealkylation sites (tertiary alicyclic amines) is 1. The molecule has 1 amide bonds. The second-order valence-corrected chi connectivity index (χ2v) is 9.62. The molecule has 2 fully saturated rings. The van der Waals surface area contributed by atoms with E-state index in [1.54, 1.807) is 0 Å². The molecule has 4 atom stereocenters. The van der Waals surface area contributed by atoms with Crippen molar-refractivity contribution in [3.63, 3.8) is 0 Å². The van der Waals surface area contributed by atoms with Gasteiger partial charge in [-0.15, -0.1) is 0 Å². The third kappa shape index (κ3) is 2.54. The van der Waals surface area contributed by atoms with Crippen LogP contribution in [0.1, 0.15) is 64.0 Å². The maximum Gasteiger partial charge on any atom is 0.225 e. The fourth-order valence-corrected chi connectivity index (χ4v) is 6.05. The smallest absolute Gasteiger partial charge is 0.225 e. The number of hydrogen-bond acceptors (Lipinski definition) is 2. The first kappa shape index (κ1) is 18.0. The second-order valence-electron chi connectivity index (χ2n) is 9.62. The fraction of sp³-hybridized carbons (Fsp3) is 0.696. The van der Waals surface area contributed by atoms with Crippen molar-refractivity contribution >= 4 is 5.91 Å². The van der Waals surface area contributed by atoms with E-state index < -0.39 is 0 Å². The molecule has 1 aromatic carbocycles. The topological polar surface area (TPSA) is 40.5 Å². The Morgan fingerprint density at radius 1 is 1.23 bits per heavy atom. The van der Waals surface area contributed by atoms with E-state index in [0.717, 1.165) is 45.1 Å². The molecule has 1 unspecified atom stereocenters. The lowest BCUT2D eigenvalue weighted by molar-refractivity contribution is -0.150. The molecule has 1 aromatic rings. The van der Waals surface area contributed by atoms with Gasteiger partial charge < -0.3 is 10.0 Å². The van der Waals surface area contributed by atoms with E-state index in [2.05, 4.69) is 49.9 Å². The predicted octanol–water partition coefficient (Wildman–Crippen LogP) is 3.93. The van der Waals surface area contributed by atoms with Crippen LogP contribution in [0.15, 0.2) is 24.3 Å². The zero-order valence-electron chi connectivity index (χ0n) is 16.5. The highest BCUT2D eigenvalue weighted by atomic mass is 16.3. The average Bonchev–Trinajstić information content (AvgIpc) is 2.64. The van der Waals surface area contributed by atoms with E-state index in [1.807, 2.05) is 0 Å². The Morgan fingerprint density at radius 2 is 2.00 bits per heavy atom. The Balaban J connectivity index is 1.64. The molecule has 1 N–H and O–H groups in total. The molecule has 0 radical (unpaired) electrons. The van der Waals surface area contributed by atoms with E-state index in [1.165, 1.54) is 11.1 Å². The second kappa shape index (κ2) is 6.37. The molecular weight excluding hydrogens is 322 g/mol. The van der Waals surface area contributed by atoms with Crippen molar-refractivity contribution < 1.29 is 9.90 Å². The van der Waals surface area contributed by atoms with Crippen LogP contribution in [0.4, 0.5) is 0 Å². The first-order valence-corrected chi connectivity index (χ1v) is 10.4. The number of fused-ring (bicyclic) bond motifs is 4. The molecule has 1 saturated carbocycles. The number of nitrogens with zero attached hydrogens (tertiary/aromatic N) is 1. The van der Waals surface area contributed by atoms with Gasteiger partial charge in [0, 0.05) is 30.5 Å². The zero-order chi connectivity index (χ0) is 18.5. The van der Waals surface area contributed by atoms with Crippen molar-refractivity contribution in [2.24, 2.45) is 17.3 Å². The number of aliphatic hydroxyl groups is 1. The number of carbonyl (C=O) groups is 1. The quantitative estimate of drug-likeness (QED) is 0.873. The van der Waals surface area contributed by atoms with Crippen molar-refractivity contribution in [2.45, 2.75) is 70.8 Å². The van der Waals surface area contributed by atoms with Gasteiger partial charge in [-0.2, -0.15) is 0 Å². The van der Waals surface area contributed by atoms with Gasteiger partial charge in [0.25, 0.3) is 0 Å². The maximum atomic E-state index is 13.5. The van der Waals surface area contributed by atoms with Crippen LogP contribution in [0, 0.1) is 17.3 Å². The van der Waals surface area contributed by atoms with Crippen LogP contribution in [-0.2, 0) is 16.6 Å². The van der Waals surface area contributed by atoms with Crippen LogP contribution in [0.3, 0.4) is 0 Å². The number of carbonyl (C=O) groups excluding carboxylic acids is 1. The lowest BCUT2D eigenvalue weighted by Gasteiger charge is -2.61. The predicted molar refractivity (Wildman–Crippen MR) is 104 cm³/mol. The van der Waals surface area contributed by atoms with Gasteiger partial charge in [0.2, 0.25) is 5.91 Å². The normalized spacial score (nSPS) is 35.7. The molecule has 0 aromatic heterocycles. The summed E-state index contributed by atoms with van der Waals surface area (Å²) < 4.78 is 0. The van der Waals surface area contributed by atoms with Gasteiger partial charge in [-0.05, 0) is 54.6 Å². The molecule has 26 heavy (non-hydrogen) atoms. The summed E-state index contributed by atoms with van der Waals surface area (Å²) in [5.41, 5.74) is 3.11. The van der Waals surface area contributed by atoms with Gasteiger partial charge in [0.1, 0.15) is 0 Å². The maximum absolute atomic E-state index is 13.5. The molecule has 142 valence electrons. The molecule has 2 bridgehead atoms. The van der Waals surface area contributed by atoms with Crippen LogP contribution < -0.4 is 0 Å². The summed E-state index contributed by atoms with van der Waals surface area (Å²) in [6, 6.07) is 9.13. The van der Waals surface area contributed by atoms with Crippen molar-refractivity contribution in [3.8, 4) is 0 Å². The molecule has 1 heterocycles. The number of rotatable bonds is 2. The number of benzene rings is 1. The van der Waals surface area contributed by atoms with E-state index in [-0.39, 0.29) is 29.4 Å². The molecular formula is C23H33NO2. The molecule has 3 aliphatic rings. The zero-order valence-corrected chi connectivity index (χ0v) is 16.5. The van der Waals surface area contributed by atoms with Crippen molar-refractivity contribution in [1.29, 1.82) is 0 Å². The molecule has 0 spiro atoms. The van der Waals surface area contributed by atoms with Crippen molar-refractivity contribution in [2.75, 3.05) is 13.2 Å². The van der Waals surface area contributed by atoms with E-state index in [0.29, 0.717) is 11.8 Å². The number of hydrogen-bond donors (Lipinski definition) is 1. The first-order chi connectivity index (χ1) is 12.4. The van der Waals surface area contributed by atoms with Gasteiger partial charge >= 0.3 is 0 Å². The minimum Gasteiger partial charge on any atom is -0.396 e. The van der Waals surface area contributed by atoms with Gasteiger partial charge in [-0.25, -0.2) is 0 Å². The van der Waals surface area contributed by atoms with Crippen LogP contribution in [0.2, 0.25) is 0 Å². The Hall–Kier alpha value is -1.35. The third-order valence-electron chi connectivity index (χ3n) is 8.18. The molecule has 3 heteroatoms. The minimum absolute atomic E-state index is 0.0698. The molecule has 4 rings (SSSR count).